The van der Waals surface area contributed by atoms with Crippen LogP contribution in [-0.4, -0.2) is 41.7 Å². The van der Waals surface area contributed by atoms with Crippen LogP contribution in [-0.2, 0) is 0 Å². The summed E-state index contributed by atoms with van der Waals surface area (Å²) in [5, 5.41) is 0. The van der Waals surface area contributed by atoms with E-state index in [1.165, 1.54) is 6.21 Å². The van der Waals surface area contributed by atoms with E-state index in [4.69, 9.17) is 34.4 Å². The van der Waals surface area contributed by atoms with Crippen molar-refractivity contribution in [3.05, 3.63) is 23.7 Å². The summed E-state index contributed by atoms with van der Waals surface area (Å²) >= 11 is 0. The van der Waals surface area contributed by atoms with E-state index >= 15 is 0 Å². The highest BCUT2D eigenvalue weighted by atomic mass is 15.1. The number of imidazole rings is 1. The highest BCUT2D eigenvalue weighted by Gasteiger charge is 2.26. The van der Waals surface area contributed by atoms with E-state index in [9.17, 15) is 0 Å². The van der Waals surface area contributed by atoms with Crippen LogP contribution in [0.15, 0.2) is 37.9 Å². The fraction of sp³-hybridized carbons (Fsp3) is 0.250. The lowest BCUT2D eigenvalue weighted by Gasteiger charge is -2.18. The zero-order valence-corrected chi connectivity index (χ0v) is 12.8. The molecule has 12 nitrogen and oxygen atoms in total. The van der Waals surface area contributed by atoms with Crippen LogP contribution < -0.4 is 39.4 Å². The fourth-order valence-electron chi connectivity index (χ4n) is 2.17. The van der Waals surface area contributed by atoms with E-state index in [1.807, 2.05) is 0 Å². The summed E-state index contributed by atoms with van der Waals surface area (Å²) in [6.45, 7) is 0.220. The van der Waals surface area contributed by atoms with Gasteiger partial charge < -0.3 is 28.7 Å². The van der Waals surface area contributed by atoms with Crippen molar-refractivity contribution in [3.8, 4) is 0 Å². The molecule has 0 saturated heterocycles. The highest BCUT2D eigenvalue weighted by Crippen LogP contribution is 2.23. The van der Waals surface area contributed by atoms with Crippen molar-refractivity contribution in [3.63, 3.8) is 0 Å². The van der Waals surface area contributed by atoms with Crippen molar-refractivity contribution in [2.24, 2.45) is 48.6 Å². The minimum atomic E-state index is -0.527. The lowest BCUT2D eigenvalue weighted by molar-refractivity contribution is -0.358. The number of nitrogen functional groups attached to an aromatic ring is 1. The first-order valence-corrected chi connectivity index (χ1v) is 6.95. The van der Waals surface area contributed by atoms with Crippen molar-refractivity contribution in [1.82, 2.24) is 4.98 Å². The van der Waals surface area contributed by atoms with Gasteiger partial charge >= 0.3 is 5.95 Å². The number of aliphatic imine (C=N–C) groups is 4. The van der Waals surface area contributed by atoms with Crippen molar-refractivity contribution in [2.45, 2.75) is 12.0 Å². The van der Waals surface area contributed by atoms with Gasteiger partial charge in [-0.15, -0.1) is 0 Å². The normalized spacial score (nSPS) is 17.3. The first kappa shape index (κ1) is 16.8. The van der Waals surface area contributed by atoms with Gasteiger partial charge in [0.05, 0.1) is 36.6 Å². The number of H-pyrrole nitrogens is 2. The topological polar surface area (TPSA) is 235 Å². The molecule has 24 heavy (non-hydrogen) atoms. The zero-order chi connectivity index (χ0) is 17.7. The molecular formula is C12H21N12+. The minimum Gasteiger partial charge on any atom is -0.370 e. The molecule has 128 valence electrons. The lowest BCUT2D eigenvalue weighted by Crippen LogP contribution is -2.30. The van der Waals surface area contributed by atoms with Crippen molar-refractivity contribution in [1.29, 1.82) is 0 Å². The average molecular weight is 333 g/mol. The van der Waals surface area contributed by atoms with Gasteiger partial charge in [0.1, 0.15) is 5.69 Å². The van der Waals surface area contributed by atoms with Gasteiger partial charge in [0, 0.05) is 0 Å². The number of anilines is 1. The fourth-order valence-corrected chi connectivity index (χ4v) is 2.17. The van der Waals surface area contributed by atoms with Gasteiger partial charge in [-0.2, -0.15) is 0 Å². The summed E-state index contributed by atoms with van der Waals surface area (Å²) < 4.78 is 0. The zero-order valence-electron chi connectivity index (χ0n) is 12.8. The average Bonchev–Trinajstić information content (AvgIpc) is 3.07. The molecule has 1 aromatic heterocycles. The maximum atomic E-state index is 5.70. The Morgan fingerprint density at radius 2 is 2.00 bits per heavy atom. The molecular weight excluding hydrogens is 312 g/mol. The molecule has 2 heterocycles. The summed E-state index contributed by atoms with van der Waals surface area (Å²) in [6, 6.07) is -0.527. The summed E-state index contributed by atoms with van der Waals surface area (Å²) in [6.07, 6.45) is 4.92. The molecule has 2 rings (SSSR count). The van der Waals surface area contributed by atoms with Crippen LogP contribution in [0, 0.1) is 0 Å². The number of aromatic nitrogens is 2. The summed E-state index contributed by atoms with van der Waals surface area (Å²) in [5.74, 6) is 0.0512. The lowest BCUT2D eigenvalue weighted by atomic mass is 9.96. The van der Waals surface area contributed by atoms with Gasteiger partial charge in [0.25, 0.3) is 0 Å². The number of guanidine groups is 3. The Kier molecular flexibility index (Phi) is 4.99. The van der Waals surface area contributed by atoms with Crippen LogP contribution in [0.3, 0.4) is 0 Å². The third kappa shape index (κ3) is 4.46. The van der Waals surface area contributed by atoms with Crippen molar-refractivity contribution >= 4 is 30.0 Å². The predicted molar refractivity (Wildman–Crippen MR) is 93.0 cm³/mol. The Morgan fingerprint density at radius 1 is 1.25 bits per heavy atom. The van der Waals surface area contributed by atoms with Gasteiger partial charge in [-0.1, -0.05) is 0 Å². The van der Waals surface area contributed by atoms with E-state index in [1.54, 1.807) is 12.3 Å². The van der Waals surface area contributed by atoms with Crippen LogP contribution in [0.4, 0.5) is 5.95 Å². The van der Waals surface area contributed by atoms with E-state index < -0.39 is 6.04 Å². The Balaban J connectivity index is 2.42. The number of nitrogens with zero attached hydrogens (tertiary/aromatic N) is 4. The molecule has 0 spiro atoms. The van der Waals surface area contributed by atoms with Crippen LogP contribution >= 0.6 is 0 Å². The molecule has 0 aromatic carbocycles. The monoisotopic (exact) mass is 333 g/mol. The van der Waals surface area contributed by atoms with Gasteiger partial charge in [-0.25, -0.2) is 24.9 Å². The molecule has 0 bridgehead atoms. The van der Waals surface area contributed by atoms with Crippen LogP contribution in [0.1, 0.15) is 11.6 Å². The third-order valence-corrected chi connectivity index (χ3v) is 3.16. The van der Waals surface area contributed by atoms with Crippen molar-refractivity contribution in [2.75, 3.05) is 12.3 Å². The number of aromatic amines is 2. The SMILES string of the molecule is NC(N)=NCC(c1c[nH+]c(N)[nH]1)C(/C=C1\C=NC(N)=N1)N=C(N)N. The largest absolute Gasteiger partial charge is 0.370 e. The summed E-state index contributed by atoms with van der Waals surface area (Å²) in [5.41, 5.74) is 34.4. The van der Waals surface area contributed by atoms with Gasteiger partial charge in [-0.3, -0.25) is 10.7 Å². The second kappa shape index (κ2) is 7.13. The number of rotatable bonds is 6. The van der Waals surface area contributed by atoms with Crippen LogP contribution in [0.2, 0.25) is 0 Å². The number of nitrogens with one attached hydrogen (secondary N) is 2. The van der Waals surface area contributed by atoms with Crippen molar-refractivity contribution < 1.29 is 4.98 Å². The molecule has 0 fully saturated rings. The number of hydrogen-bond donors (Lipinski definition) is 7. The first-order chi connectivity index (χ1) is 11.3. The van der Waals surface area contributed by atoms with Gasteiger partial charge in [-0.05, 0) is 6.08 Å². The molecule has 1 aliphatic rings. The van der Waals surface area contributed by atoms with E-state index in [-0.39, 0.29) is 30.3 Å². The number of allylic oxidation sites excluding steroid dienone is 1. The second-order valence-electron chi connectivity index (χ2n) is 5.02. The number of hydrogen-bond acceptors (Lipinski definition) is 6. The molecule has 14 N–H and O–H groups in total. The molecule has 0 aliphatic carbocycles. The third-order valence-electron chi connectivity index (χ3n) is 3.16. The first-order valence-electron chi connectivity index (χ1n) is 6.95. The minimum absolute atomic E-state index is 0.0516. The molecule has 1 aliphatic heterocycles. The molecule has 2 atom stereocenters. The van der Waals surface area contributed by atoms with Gasteiger partial charge in [0.2, 0.25) is 5.96 Å². The van der Waals surface area contributed by atoms with Crippen LogP contribution in [0.5, 0.6) is 0 Å². The summed E-state index contributed by atoms with van der Waals surface area (Å²) in [7, 11) is 0. The molecule has 1 aromatic rings. The second-order valence-corrected chi connectivity index (χ2v) is 5.02. The van der Waals surface area contributed by atoms with E-state index in [0.29, 0.717) is 11.6 Å². The molecule has 12 heteroatoms. The molecule has 2 unspecified atom stereocenters. The molecule has 0 radical (unpaired) electrons. The summed E-state index contributed by atoms with van der Waals surface area (Å²) in [4.78, 5) is 22.1. The number of nitrogens with two attached hydrogens (primary N) is 6. The van der Waals surface area contributed by atoms with Crippen LogP contribution in [0.25, 0.3) is 0 Å². The molecule has 0 saturated carbocycles. The maximum absolute atomic E-state index is 5.70. The Hall–Kier alpha value is -3.57. The Labute approximate surface area is 137 Å². The van der Waals surface area contributed by atoms with Gasteiger partial charge in [0.15, 0.2) is 11.9 Å². The van der Waals surface area contributed by atoms with E-state index in [0.717, 1.165) is 5.69 Å². The standard InChI is InChI=1S/C12H20N12/c13-9(14)19-3-6(8-4-21-12(18)24-8)7(23-10(15)16)1-5-2-20-11(17)22-5/h1-2,4,6-7H,3H2,(H2,17,22)(H4,13,14,19)(H4,15,16,23)(H3,18,21,24)/p+1/b5-1+. The highest BCUT2D eigenvalue weighted by molar-refractivity contribution is 5.99. The smallest absolute Gasteiger partial charge is 0.350 e. The predicted octanol–water partition coefficient (Wildman–Crippen LogP) is -3.31. The maximum Gasteiger partial charge on any atom is 0.350 e. The Morgan fingerprint density at radius 3 is 2.50 bits per heavy atom. The van der Waals surface area contributed by atoms with E-state index in [2.05, 4.69) is 29.9 Å². The quantitative estimate of drug-likeness (QED) is 0.207. The Bertz CT molecular complexity index is 729. The molecule has 0 amide bonds.